The van der Waals surface area contributed by atoms with Gasteiger partial charge in [0.15, 0.2) is 0 Å². The van der Waals surface area contributed by atoms with E-state index in [2.05, 4.69) is 0 Å². The van der Waals surface area contributed by atoms with E-state index in [1.54, 1.807) is 0 Å². The van der Waals surface area contributed by atoms with Crippen LogP contribution in [0.15, 0.2) is 0 Å². The van der Waals surface area contributed by atoms with Gasteiger partial charge >= 0.3 is 0 Å². The van der Waals surface area contributed by atoms with Crippen LogP contribution in [-0.4, -0.2) is 0 Å². The quantitative estimate of drug-likeness (QED) is 0.327. The molecule has 0 N–H and O–H groups in total. The number of rotatable bonds is 0. The fraction of sp³-hybridized carbons (Fsp3) is 0. The van der Waals surface area contributed by atoms with E-state index in [1.807, 2.05) is 0 Å². The van der Waals surface area contributed by atoms with Gasteiger partial charge in [-0.1, -0.05) is 0 Å². The molecular weight excluding hydrogens is 444 g/mol. The van der Waals surface area contributed by atoms with Gasteiger partial charge in [-0.05, 0) is 0 Å². The summed E-state index contributed by atoms with van der Waals surface area (Å²) < 4.78 is 0. The topological polar surface area (TPSA) is 0 Å². The SMILES string of the molecule is [Ar].[I-].[I-].[Sm]. The molecule has 0 nitrogen and oxygen atoms in total. The first kappa shape index (κ1) is 24.4. The van der Waals surface area contributed by atoms with E-state index in [4.69, 9.17) is 0 Å². The van der Waals surface area contributed by atoms with Crippen LogP contribution in [0.5, 0.6) is 0 Å². The fourth-order valence-electron chi connectivity index (χ4n) is 0. The van der Waals surface area contributed by atoms with E-state index in [-0.39, 0.29) is 126 Å². The van der Waals surface area contributed by atoms with Crippen molar-refractivity contribution in [1.29, 1.82) is 0 Å². The molecule has 0 spiro atoms. The Bertz CT molecular complexity index is 6.00. The Kier molecular flexibility index (Phi) is 95.9. The normalized spacial score (nSPS) is 0. The molecule has 0 heterocycles. The van der Waals surface area contributed by atoms with Gasteiger partial charge in [0.25, 0.3) is 0 Å². The van der Waals surface area contributed by atoms with Crippen molar-refractivity contribution in [2.24, 2.45) is 0 Å². The molecule has 0 radical (unpaired) electrons. The molecule has 0 amide bonds. The zero-order chi connectivity index (χ0) is 0. The number of hydrogen-bond donors (Lipinski definition) is 0. The van der Waals surface area contributed by atoms with Crippen molar-refractivity contribution in [2.45, 2.75) is 0 Å². The van der Waals surface area contributed by atoms with Crippen LogP contribution in [0.3, 0.4) is 0 Å². The summed E-state index contributed by atoms with van der Waals surface area (Å²) in [6.45, 7) is 0. The Balaban J connectivity index is 0. The second-order valence-electron chi connectivity index (χ2n) is 0. The molecule has 0 fully saturated rings. The third-order valence-corrected chi connectivity index (χ3v) is 0. The van der Waals surface area contributed by atoms with E-state index in [0.29, 0.717) is 0 Å². The Morgan fingerprint density at radius 2 is 0.750 bits per heavy atom. The molecule has 0 saturated carbocycles. The van der Waals surface area contributed by atoms with Crippen LogP contribution in [-0.2, 0) is 0 Å². The average Bonchev–Trinajstić information content (AvgIpc) is 0. The van der Waals surface area contributed by atoms with Gasteiger partial charge in [0.2, 0.25) is 0 Å². The van der Waals surface area contributed by atoms with Crippen LogP contribution in [0.2, 0.25) is 0 Å². The largest absolute Gasteiger partial charge is 1.00 e. The molecule has 4 heteroatoms. The smallest absolute Gasteiger partial charge is 0 e. The van der Waals surface area contributed by atoms with Gasteiger partial charge in [-0.2, -0.15) is 0 Å². The molecule has 0 aliphatic heterocycles. The van der Waals surface area contributed by atoms with E-state index in [1.165, 1.54) is 0 Å². The molecule has 0 aliphatic rings. The molecule has 0 rings (SSSR count). The summed E-state index contributed by atoms with van der Waals surface area (Å²) in [7, 11) is 0. The van der Waals surface area contributed by atoms with Crippen molar-refractivity contribution in [3.8, 4) is 0 Å². The summed E-state index contributed by atoms with van der Waals surface area (Å²) in [5, 5.41) is 0. The minimum Gasteiger partial charge on any atom is -1.00 e. The van der Waals surface area contributed by atoms with E-state index >= 15 is 0 Å². The molecule has 0 atom stereocenters. The zero-order valence-corrected chi connectivity index (χ0v) is 9.16. The predicted octanol–water partition coefficient (Wildman–Crippen LogP) is -5.99. The molecule has 0 aromatic rings. The first-order valence-corrected chi connectivity index (χ1v) is 0. The van der Waals surface area contributed by atoms with Crippen LogP contribution < -0.4 is 48.0 Å². The minimum atomic E-state index is 0. The molecule has 0 aromatic carbocycles. The van der Waals surface area contributed by atoms with Gasteiger partial charge in [0.1, 0.15) is 0 Å². The molecule has 0 aromatic heterocycles. The summed E-state index contributed by atoms with van der Waals surface area (Å²) >= 11 is 0. The Labute approximate surface area is 122 Å². The maximum absolute atomic E-state index is 0. The van der Waals surface area contributed by atoms with Gasteiger partial charge in [-0.3, -0.25) is 0 Å². The summed E-state index contributed by atoms with van der Waals surface area (Å²) in [4.78, 5) is 0. The Morgan fingerprint density at radius 3 is 0.750 bits per heavy atom. The van der Waals surface area contributed by atoms with Crippen molar-refractivity contribution in [2.75, 3.05) is 0 Å². The van der Waals surface area contributed by atoms with Gasteiger partial charge in [0, 0.05) is 78.1 Å². The Morgan fingerprint density at radius 1 is 0.750 bits per heavy atom. The third-order valence-electron chi connectivity index (χ3n) is 0. The first-order valence-electron chi connectivity index (χ1n) is 0. The third kappa shape index (κ3) is 9.41. The van der Waals surface area contributed by atoms with Crippen LogP contribution in [0.1, 0.15) is 0 Å². The molecule has 0 aliphatic carbocycles. The minimum absolute atomic E-state index is 0. The van der Waals surface area contributed by atoms with Crippen molar-refractivity contribution < 1.29 is 126 Å². The van der Waals surface area contributed by atoms with Crippen molar-refractivity contribution in [1.82, 2.24) is 0 Å². The molecule has 0 saturated heterocycles. The van der Waals surface area contributed by atoms with E-state index in [0.717, 1.165) is 0 Å². The van der Waals surface area contributed by atoms with Crippen LogP contribution >= 0.6 is 0 Å². The van der Waals surface area contributed by atoms with Crippen LogP contribution in [0, 0.1) is 78.1 Å². The standard InChI is InChI=1S/Ar.2HI.Sm/h;2*1H;/p-2. The van der Waals surface area contributed by atoms with Crippen LogP contribution in [0.25, 0.3) is 0 Å². The zero-order valence-electron chi connectivity index (χ0n) is 1.52. The van der Waals surface area contributed by atoms with Gasteiger partial charge in [-0.25, -0.2) is 0 Å². The van der Waals surface area contributed by atoms with E-state index in [9.17, 15) is 0 Å². The second-order valence-corrected chi connectivity index (χ2v) is 0. The Hall–Kier alpha value is 4.06. The van der Waals surface area contributed by atoms with Gasteiger partial charge in [-0.15, -0.1) is 0 Å². The summed E-state index contributed by atoms with van der Waals surface area (Å²) in [5.41, 5.74) is 0. The maximum Gasteiger partial charge on any atom is 0 e. The van der Waals surface area contributed by atoms with Crippen molar-refractivity contribution in [3.05, 3.63) is 0 Å². The molecular formula is ArI2Sm-2. The monoisotopic (exact) mass is 446 g/mol. The fourth-order valence-corrected chi connectivity index (χ4v) is 0. The molecule has 0 unspecified atom stereocenters. The van der Waals surface area contributed by atoms with Gasteiger partial charge in [0.05, 0.1) is 0 Å². The summed E-state index contributed by atoms with van der Waals surface area (Å²) in [6.07, 6.45) is 0. The number of halogens is 2. The first-order chi connectivity index (χ1) is 0. The summed E-state index contributed by atoms with van der Waals surface area (Å²) in [6, 6.07) is 0. The van der Waals surface area contributed by atoms with Crippen molar-refractivity contribution >= 4 is 0 Å². The van der Waals surface area contributed by atoms with Gasteiger partial charge < -0.3 is 48.0 Å². The molecule has 0 bridgehead atoms. The molecule has 4 heavy (non-hydrogen) atoms. The van der Waals surface area contributed by atoms with Crippen LogP contribution in [0.4, 0.5) is 0 Å². The summed E-state index contributed by atoms with van der Waals surface area (Å²) in [5.74, 6) is 0. The average molecular weight is 444 g/mol. The van der Waals surface area contributed by atoms with Crippen molar-refractivity contribution in [3.63, 3.8) is 0 Å². The van der Waals surface area contributed by atoms with E-state index < -0.39 is 0 Å². The molecule has 30 valence electrons. The number of hydrogen-bond acceptors (Lipinski definition) is 0. The second kappa shape index (κ2) is 15.7. The predicted molar refractivity (Wildman–Crippen MR) is 0 cm³/mol. The maximum atomic E-state index is 0.